The van der Waals surface area contributed by atoms with Crippen molar-refractivity contribution < 1.29 is 27.1 Å². The quantitative estimate of drug-likeness (QED) is 0.842. The molecule has 1 aromatic rings. The number of nitrogens with one attached hydrogen (secondary N) is 1. The molecule has 1 aromatic carbocycles. The number of aromatic carboxylic acids is 1. The Morgan fingerprint density at radius 3 is 2.45 bits per heavy atom. The van der Waals surface area contributed by atoms with Gasteiger partial charge in [0.05, 0.1) is 0 Å². The maximum atomic E-state index is 13.8. The van der Waals surface area contributed by atoms with Gasteiger partial charge in [0.25, 0.3) is 0 Å². The lowest BCUT2D eigenvalue weighted by atomic mass is 10.1. The van der Waals surface area contributed by atoms with Crippen molar-refractivity contribution in [2.45, 2.75) is 25.2 Å². The fourth-order valence-electron chi connectivity index (χ4n) is 1.50. The van der Waals surface area contributed by atoms with Gasteiger partial charge in [-0.1, -0.05) is 13.8 Å². The Labute approximate surface area is 115 Å². The molecule has 0 aromatic heterocycles. The molecule has 0 aliphatic rings. The van der Waals surface area contributed by atoms with Gasteiger partial charge in [0.15, 0.2) is 5.82 Å². The van der Waals surface area contributed by atoms with Crippen LogP contribution in [0.25, 0.3) is 0 Å². The standard InChI is InChI=1S/C12H15F2NO4S/c1-7(2)5-6-15-20(18,19)9-4-3-8(13)10(11(9)14)12(16)17/h3-4,7,15H,5-6H2,1-2H3,(H,16,17). The lowest BCUT2D eigenvalue weighted by molar-refractivity contribution is 0.0685. The predicted molar refractivity (Wildman–Crippen MR) is 68.0 cm³/mol. The van der Waals surface area contributed by atoms with Gasteiger partial charge >= 0.3 is 5.97 Å². The fraction of sp³-hybridized carbons (Fsp3) is 0.417. The summed E-state index contributed by atoms with van der Waals surface area (Å²) in [4.78, 5) is 9.85. The number of carboxylic acids is 1. The van der Waals surface area contributed by atoms with Crippen LogP contribution in [0.15, 0.2) is 17.0 Å². The van der Waals surface area contributed by atoms with Gasteiger partial charge < -0.3 is 5.11 Å². The molecule has 0 unspecified atom stereocenters. The van der Waals surface area contributed by atoms with Crippen molar-refractivity contribution in [3.8, 4) is 0 Å². The van der Waals surface area contributed by atoms with Gasteiger partial charge in [0, 0.05) is 6.54 Å². The second-order valence-electron chi connectivity index (χ2n) is 4.62. The van der Waals surface area contributed by atoms with Crippen molar-refractivity contribution >= 4 is 16.0 Å². The predicted octanol–water partition coefficient (Wildman–Crippen LogP) is 1.99. The first-order valence-electron chi connectivity index (χ1n) is 5.87. The summed E-state index contributed by atoms with van der Waals surface area (Å²) in [5.74, 6) is -4.55. The van der Waals surface area contributed by atoms with Gasteiger partial charge in [-0.05, 0) is 24.5 Å². The van der Waals surface area contributed by atoms with Crippen LogP contribution in [-0.4, -0.2) is 26.0 Å². The Morgan fingerprint density at radius 1 is 1.35 bits per heavy atom. The Morgan fingerprint density at radius 2 is 1.95 bits per heavy atom. The zero-order valence-corrected chi connectivity index (χ0v) is 11.8. The average Bonchev–Trinajstić information content (AvgIpc) is 2.26. The van der Waals surface area contributed by atoms with E-state index in [0.717, 1.165) is 0 Å². The van der Waals surface area contributed by atoms with E-state index in [0.29, 0.717) is 18.6 Å². The van der Waals surface area contributed by atoms with Gasteiger partial charge in [0.1, 0.15) is 16.3 Å². The molecule has 112 valence electrons. The van der Waals surface area contributed by atoms with E-state index in [2.05, 4.69) is 4.72 Å². The van der Waals surface area contributed by atoms with E-state index in [-0.39, 0.29) is 12.5 Å². The van der Waals surface area contributed by atoms with Crippen molar-refractivity contribution in [3.63, 3.8) is 0 Å². The van der Waals surface area contributed by atoms with E-state index >= 15 is 0 Å². The molecule has 0 aliphatic carbocycles. The first-order chi connectivity index (χ1) is 9.16. The van der Waals surface area contributed by atoms with Gasteiger partial charge in [-0.3, -0.25) is 0 Å². The number of hydrogen-bond donors (Lipinski definition) is 2. The molecule has 0 fully saturated rings. The van der Waals surface area contributed by atoms with E-state index in [1.165, 1.54) is 0 Å². The van der Waals surface area contributed by atoms with Crippen LogP contribution < -0.4 is 4.72 Å². The molecule has 0 atom stereocenters. The molecule has 5 nitrogen and oxygen atoms in total. The number of halogens is 2. The van der Waals surface area contributed by atoms with Crippen molar-refractivity contribution in [3.05, 3.63) is 29.3 Å². The average molecular weight is 307 g/mol. The molecule has 0 amide bonds. The topological polar surface area (TPSA) is 83.5 Å². The Kier molecular flexibility index (Phi) is 5.18. The Balaban J connectivity index is 3.13. The van der Waals surface area contributed by atoms with Crippen molar-refractivity contribution in [2.75, 3.05) is 6.54 Å². The van der Waals surface area contributed by atoms with Crippen LogP contribution in [0.3, 0.4) is 0 Å². The highest BCUT2D eigenvalue weighted by Gasteiger charge is 2.26. The summed E-state index contributed by atoms with van der Waals surface area (Å²) in [6, 6.07) is 1.32. The summed E-state index contributed by atoms with van der Waals surface area (Å²) < 4.78 is 52.9. The number of carbonyl (C=O) groups is 1. The minimum atomic E-state index is -4.21. The molecule has 0 saturated heterocycles. The highest BCUT2D eigenvalue weighted by molar-refractivity contribution is 7.89. The van der Waals surface area contributed by atoms with E-state index < -0.39 is 38.1 Å². The van der Waals surface area contributed by atoms with E-state index in [9.17, 15) is 22.0 Å². The summed E-state index contributed by atoms with van der Waals surface area (Å²) in [5.41, 5.74) is -1.28. The van der Waals surface area contributed by atoms with Gasteiger partial charge in [0.2, 0.25) is 10.0 Å². The molecule has 0 heterocycles. The van der Waals surface area contributed by atoms with Crippen molar-refractivity contribution in [1.82, 2.24) is 4.72 Å². The van der Waals surface area contributed by atoms with Crippen LogP contribution in [0.1, 0.15) is 30.6 Å². The maximum Gasteiger partial charge on any atom is 0.341 e. The first kappa shape index (κ1) is 16.5. The molecular weight excluding hydrogens is 292 g/mol. The van der Waals surface area contributed by atoms with Crippen LogP contribution in [0.2, 0.25) is 0 Å². The number of carboxylic acid groups (broad SMARTS) is 1. The molecule has 2 N–H and O–H groups in total. The summed E-state index contributed by atoms with van der Waals surface area (Å²) >= 11 is 0. The minimum Gasteiger partial charge on any atom is -0.477 e. The Bertz CT molecular complexity index is 614. The molecule has 0 saturated carbocycles. The lowest BCUT2D eigenvalue weighted by Gasteiger charge is -2.10. The molecule has 0 radical (unpaired) electrons. The Hall–Kier alpha value is -1.54. The molecule has 0 spiro atoms. The lowest BCUT2D eigenvalue weighted by Crippen LogP contribution is -2.27. The third-order valence-corrected chi connectivity index (χ3v) is 4.05. The van der Waals surface area contributed by atoms with Crippen LogP contribution in [0.5, 0.6) is 0 Å². The molecule has 0 bridgehead atoms. The SMILES string of the molecule is CC(C)CCNS(=O)(=O)c1ccc(F)c(C(=O)O)c1F. The van der Waals surface area contributed by atoms with Gasteiger partial charge in [-0.25, -0.2) is 26.7 Å². The smallest absolute Gasteiger partial charge is 0.341 e. The summed E-state index contributed by atoms with van der Waals surface area (Å²) in [5, 5.41) is 8.69. The van der Waals surface area contributed by atoms with E-state index in [4.69, 9.17) is 5.11 Å². The number of benzene rings is 1. The van der Waals surface area contributed by atoms with Gasteiger partial charge in [-0.15, -0.1) is 0 Å². The molecule has 1 rings (SSSR count). The van der Waals surface area contributed by atoms with Crippen LogP contribution in [0.4, 0.5) is 8.78 Å². The monoisotopic (exact) mass is 307 g/mol. The molecule has 20 heavy (non-hydrogen) atoms. The highest BCUT2D eigenvalue weighted by Crippen LogP contribution is 2.21. The highest BCUT2D eigenvalue weighted by atomic mass is 32.2. The largest absolute Gasteiger partial charge is 0.477 e. The summed E-state index contributed by atoms with van der Waals surface area (Å²) in [7, 11) is -4.21. The maximum absolute atomic E-state index is 13.8. The number of sulfonamides is 1. The van der Waals surface area contributed by atoms with Crippen molar-refractivity contribution in [2.24, 2.45) is 5.92 Å². The number of rotatable bonds is 6. The zero-order valence-electron chi connectivity index (χ0n) is 11.0. The normalized spacial score (nSPS) is 11.8. The molecule has 8 heteroatoms. The zero-order chi connectivity index (χ0) is 15.5. The second kappa shape index (κ2) is 6.27. The van der Waals surface area contributed by atoms with Crippen LogP contribution in [0, 0.1) is 17.6 Å². The van der Waals surface area contributed by atoms with Crippen molar-refractivity contribution in [1.29, 1.82) is 0 Å². The number of hydrogen-bond acceptors (Lipinski definition) is 3. The summed E-state index contributed by atoms with van der Waals surface area (Å²) in [6.07, 6.45) is 0.536. The second-order valence-corrected chi connectivity index (χ2v) is 6.36. The van der Waals surface area contributed by atoms with E-state index in [1.807, 2.05) is 13.8 Å². The van der Waals surface area contributed by atoms with E-state index in [1.54, 1.807) is 0 Å². The van der Waals surface area contributed by atoms with Gasteiger partial charge in [-0.2, -0.15) is 0 Å². The molecule has 0 aliphatic heterocycles. The third kappa shape index (κ3) is 3.73. The van der Waals surface area contributed by atoms with Crippen LogP contribution >= 0.6 is 0 Å². The summed E-state index contributed by atoms with van der Waals surface area (Å²) in [6.45, 7) is 3.85. The minimum absolute atomic E-state index is 0.0826. The molecular formula is C12H15F2NO4S. The fourth-order valence-corrected chi connectivity index (χ4v) is 2.62. The third-order valence-electron chi connectivity index (χ3n) is 2.57. The van der Waals surface area contributed by atoms with Crippen LogP contribution in [-0.2, 0) is 10.0 Å². The first-order valence-corrected chi connectivity index (χ1v) is 7.36.